The maximum Gasteiger partial charge on any atom is 0.273 e. The van der Waals surface area contributed by atoms with E-state index in [1.165, 1.54) is 50.8 Å². The number of anilines is 1. The van der Waals surface area contributed by atoms with Crippen LogP contribution < -0.4 is 11.3 Å². The highest BCUT2D eigenvalue weighted by atomic mass is 16.1. The molecule has 4 nitrogen and oxygen atoms in total. The smallest absolute Gasteiger partial charge is 0.273 e. The molecule has 3 aliphatic rings. The Morgan fingerprint density at radius 1 is 1.09 bits per heavy atom. The zero-order chi connectivity index (χ0) is 15.1. The molecule has 1 aromatic rings. The van der Waals surface area contributed by atoms with Crippen LogP contribution in [-0.2, 0) is 6.54 Å². The Morgan fingerprint density at radius 2 is 1.91 bits per heavy atom. The second kappa shape index (κ2) is 5.73. The Hall–Kier alpha value is -1.29. The molecule has 0 radical (unpaired) electrons. The molecule has 2 atom stereocenters. The van der Waals surface area contributed by atoms with E-state index in [2.05, 4.69) is 11.0 Å². The van der Waals surface area contributed by atoms with Crippen LogP contribution in [0.2, 0.25) is 0 Å². The quantitative estimate of drug-likeness (QED) is 0.913. The van der Waals surface area contributed by atoms with Gasteiger partial charge in [0.05, 0.1) is 5.69 Å². The van der Waals surface area contributed by atoms with Gasteiger partial charge in [0.1, 0.15) is 0 Å². The van der Waals surface area contributed by atoms with Crippen LogP contribution >= 0.6 is 0 Å². The van der Waals surface area contributed by atoms with Gasteiger partial charge in [0.2, 0.25) is 0 Å². The molecule has 3 heterocycles. The third-order valence-corrected chi connectivity index (χ3v) is 5.95. The highest BCUT2D eigenvalue weighted by molar-refractivity contribution is 5.37. The van der Waals surface area contributed by atoms with Crippen molar-refractivity contribution in [1.82, 2.24) is 9.47 Å². The van der Waals surface area contributed by atoms with Crippen LogP contribution in [-0.4, -0.2) is 29.1 Å². The van der Waals surface area contributed by atoms with Gasteiger partial charge in [-0.05, 0) is 43.2 Å². The van der Waals surface area contributed by atoms with Crippen LogP contribution in [0.4, 0.5) is 5.69 Å². The number of likely N-dealkylation sites (tertiary alicyclic amines) is 1. The number of hydrogen-bond acceptors (Lipinski definition) is 3. The van der Waals surface area contributed by atoms with Crippen molar-refractivity contribution < 1.29 is 0 Å². The molecular weight excluding hydrogens is 274 g/mol. The molecule has 2 fully saturated rings. The number of pyridine rings is 1. The molecule has 4 heteroatoms. The average Bonchev–Trinajstić information content (AvgIpc) is 2.52. The average molecular weight is 301 g/mol. The van der Waals surface area contributed by atoms with Crippen LogP contribution in [0, 0.1) is 11.8 Å². The normalized spacial score (nSPS) is 29.3. The van der Waals surface area contributed by atoms with Gasteiger partial charge in [0.25, 0.3) is 5.56 Å². The van der Waals surface area contributed by atoms with E-state index in [9.17, 15) is 4.79 Å². The minimum absolute atomic E-state index is 0.0212. The van der Waals surface area contributed by atoms with Crippen molar-refractivity contribution in [2.45, 2.75) is 51.0 Å². The van der Waals surface area contributed by atoms with E-state index in [4.69, 9.17) is 5.73 Å². The zero-order valence-corrected chi connectivity index (χ0v) is 13.3. The summed E-state index contributed by atoms with van der Waals surface area (Å²) in [6.45, 7) is 4.41. The molecule has 1 saturated heterocycles. The third kappa shape index (κ3) is 2.58. The van der Waals surface area contributed by atoms with Gasteiger partial charge in [0.15, 0.2) is 0 Å². The van der Waals surface area contributed by atoms with Crippen molar-refractivity contribution in [2.24, 2.45) is 11.8 Å². The summed E-state index contributed by atoms with van der Waals surface area (Å²) in [6.07, 6.45) is 8.34. The lowest BCUT2D eigenvalue weighted by Crippen LogP contribution is -2.48. The largest absolute Gasteiger partial charge is 0.394 e. The number of aromatic nitrogens is 1. The zero-order valence-electron chi connectivity index (χ0n) is 13.3. The lowest BCUT2D eigenvalue weighted by Gasteiger charge is -2.44. The van der Waals surface area contributed by atoms with E-state index in [-0.39, 0.29) is 5.56 Å². The van der Waals surface area contributed by atoms with Crippen molar-refractivity contribution in [3.8, 4) is 0 Å². The van der Waals surface area contributed by atoms with Crippen molar-refractivity contribution in [3.63, 3.8) is 0 Å². The topological polar surface area (TPSA) is 51.3 Å². The molecule has 1 saturated carbocycles. The molecule has 1 aromatic heterocycles. The Kier molecular flexibility index (Phi) is 3.73. The van der Waals surface area contributed by atoms with Gasteiger partial charge in [-0.15, -0.1) is 0 Å². The molecule has 120 valence electrons. The maximum absolute atomic E-state index is 12.3. The fraction of sp³-hybridized carbons (Fsp3) is 0.722. The molecule has 2 bridgehead atoms. The highest BCUT2D eigenvalue weighted by Gasteiger charge is 2.35. The van der Waals surface area contributed by atoms with Gasteiger partial charge in [0, 0.05) is 37.8 Å². The van der Waals surface area contributed by atoms with Gasteiger partial charge in [-0.3, -0.25) is 4.79 Å². The maximum atomic E-state index is 12.3. The van der Waals surface area contributed by atoms with E-state index in [1.807, 2.05) is 4.57 Å². The van der Waals surface area contributed by atoms with Gasteiger partial charge < -0.3 is 15.2 Å². The van der Waals surface area contributed by atoms with Gasteiger partial charge in [-0.25, -0.2) is 0 Å². The summed E-state index contributed by atoms with van der Waals surface area (Å²) in [5.41, 5.74) is 7.43. The van der Waals surface area contributed by atoms with Gasteiger partial charge in [-0.2, -0.15) is 0 Å². The predicted octanol–water partition coefficient (Wildman–Crippen LogP) is 2.43. The first-order chi connectivity index (χ1) is 10.7. The highest BCUT2D eigenvalue weighted by Crippen LogP contribution is 2.36. The van der Waals surface area contributed by atoms with E-state index in [0.717, 1.165) is 25.6 Å². The lowest BCUT2D eigenvalue weighted by molar-refractivity contribution is 0.0968. The fourth-order valence-corrected chi connectivity index (χ4v) is 4.95. The molecule has 2 N–H and O–H groups in total. The molecule has 4 rings (SSSR count). The van der Waals surface area contributed by atoms with Crippen molar-refractivity contribution >= 4 is 5.69 Å². The van der Waals surface area contributed by atoms with Crippen molar-refractivity contribution in [3.05, 3.63) is 28.2 Å². The predicted molar refractivity (Wildman–Crippen MR) is 89.0 cm³/mol. The third-order valence-electron chi connectivity index (χ3n) is 5.95. The Labute approximate surface area is 132 Å². The number of rotatable bonds is 2. The Morgan fingerprint density at radius 3 is 2.73 bits per heavy atom. The number of nitrogens with two attached hydrogens (primary N) is 1. The van der Waals surface area contributed by atoms with Crippen LogP contribution in [0.15, 0.2) is 16.9 Å². The number of fused-ring (bicyclic) bond motifs is 4. The first-order valence-corrected chi connectivity index (χ1v) is 8.92. The second-order valence-electron chi connectivity index (χ2n) is 7.65. The monoisotopic (exact) mass is 301 g/mol. The summed E-state index contributed by atoms with van der Waals surface area (Å²) in [4.78, 5) is 14.9. The molecule has 0 unspecified atom stereocenters. The minimum atomic E-state index is 0.0212. The van der Waals surface area contributed by atoms with E-state index < -0.39 is 0 Å². The van der Waals surface area contributed by atoms with Gasteiger partial charge >= 0.3 is 0 Å². The molecular formula is C18H27N3O. The summed E-state index contributed by atoms with van der Waals surface area (Å²) in [6, 6.07) is 3.89. The van der Waals surface area contributed by atoms with Crippen LogP contribution in [0.3, 0.4) is 0 Å². The van der Waals surface area contributed by atoms with Gasteiger partial charge in [-0.1, -0.05) is 19.3 Å². The minimum Gasteiger partial charge on any atom is -0.394 e. The van der Waals surface area contributed by atoms with Crippen LogP contribution in [0.25, 0.3) is 0 Å². The molecule has 0 spiro atoms. The molecule has 22 heavy (non-hydrogen) atoms. The molecule has 2 aliphatic heterocycles. The van der Waals surface area contributed by atoms with Crippen LogP contribution in [0.5, 0.6) is 0 Å². The fourth-order valence-electron chi connectivity index (χ4n) is 4.95. The summed E-state index contributed by atoms with van der Waals surface area (Å²) in [5.74, 6) is 2.04. The van der Waals surface area contributed by atoms with E-state index in [1.54, 1.807) is 6.07 Å². The summed E-state index contributed by atoms with van der Waals surface area (Å²) >= 11 is 0. The van der Waals surface area contributed by atoms with Crippen molar-refractivity contribution in [1.29, 1.82) is 0 Å². The van der Waals surface area contributed by atoms with E-state index in [0.29, 0.717) is 17.5 Å². The SMILES string of the molecule is Nc1ccc2n(c1=O)C[C@H]1C[C@@H]2CN(CC2CCCCC2)C1. The number of nitrogens with zero attached hydrogens (tertiary/aromatic N) is 2. The second-order valence-corrected chi connectivity index (χ2v) is 7.65. The number of nitrogen functional groups attached to an aromatic ring is 1. The molecule has 0 amide bonds. The standard InChI is InChI=1S/C18H27N3O/c19-16-6-7-17-15-8-14(11-21(17)18(16)22)10-20(12-15)9-13-4-2-1-3-5-13/h6-7,13-15H,1-5,8-12,19H2/t14-,15+/m0/s1. The molecule has 0 aromatic carbocycles. The Balaban J connectivity index is 1.52. The number of hydrogen-bond donors (Lipinski definition) is 1. The summed E-state index contributed by atoms with van der Waals surface area (Å²) in [5, 5.41) is 0. The number of piperidine rings is 1. The van der Waals surface area contributed by atoms with Crippen LogP contribution in [0.1, 0.15) is 50.1 Å². The Bertz CT molecular complexity index is 603. The molecule has 1 aliphatic carbocycles. The summed E-state index contributed by atoms with van der Waals surface area (Å²) in [7, 11) is 0. The van der Waals surface area contributed by atoms with Crippen molar-refractivity contribution in [2.75, 3.05) is 25.4 Å². The summed E-state index contributed by atoms with van der Waals surface area (Å²) < 4.78 is 1.95. The van der Waals surface area contributed by atoms with E-state index >= 15 is 0 Å². The first kappa shape index (κ1) is 14.3. The lowest BCUT2D eigenvalue weighted by atomic mass is 9.82. The first-order valence-electron chi connectivity index (χ1n) is 8.92.